The third-order valence-electron chi connectivity index (χ3n) is 4.71. The summed E-state index contributed by atoms with van der Waals surface area (Å²) in [4.78, 5) is 24.4. The summed E-state index contributed by atoms with van der Waals surface area (Å²) in [6.45, 7) is 3.75. The Morgan fingerprint density at radius 1 is 0.929 bits per heavy atom. The number of para-hydroxylation sites is 1. The van der Waals surface area contributed by atoms with E-state index in [1.165, 1.54) is 0 Å². The molecule has 0 atom stereocenters. The summed E-state index contributed by atoms with van der Waals surface area (Å²) in [7, 11) is 0. The highest BCUT2D eigenvalue weighted by atomic mass is 16.5. The summed E-state index contributed by atoms with van der Waals surface area (Å²) in [6.07, 6.45) is 0. The van der Waals surface area contributed by atoms with Crippen molar-refractivity contribution < 1.29 is 13.9 Å². The SMILES string of the molecule is Cc1cccc(C)c1NC(=O)COc1ccc2c(c1)oc(=O)c1ccccc12. The molecule has 1 heterocycles. The first-order valence-electron chi connectivity index (χ1n) is 8.97. The van der Waals surface area contributed by atoms with Gasteiger partial charge in [0.15, 0.2) is 6.61 Å². The molecule has 1 aromatic heterocycles. The van der Waals surface area contributed by atoms with Crippen LogP contribution in [-0.2, 0) is 4.79 Å². The highest BCUT2D eigenvalue weighted by Gasteiger charge is 2.10. The number of ether oxygens (including phenoxy) is 1. The Morgan fingerprint density at radius 3 is 2.39 bits per heavy atom. The largest absolute Gasteiger partial charge is 0.484 e. The minimum absolute atomic E-state index is 0.142. The van der Waals surface area contributed by atoms with Crippen LogP contribution in [0.25, 0.3) is 21.7 Å². The zero-order chi connectivity index (χ0) is 19.7. The van der Waals surface area contributed by atoms with Gasteiger partial charge < -0.3 is 14.5 Å². The lowest BCUT2D eigenvalue weighted by molar-refractivity contribution is -0.118. The van der Waals surface area contributed by atoms with Crippen LogP contribution in [0.3, 0.4) is 0 Å². The molecule has 0 aliphatic heterocycles. The lowest BCUT2D eigenvalue weighted by Crippen LogP contribution is -2.21. The van der Waals surface area contributed by atoms with Gasteiger partial charge in [0, 0.05) is 17.1 Å². The number of amides is 1. The summed E-state index contributed by atoms with van der Waals surface area (Å²) in [6, 6.07) is 18.4. The number of rotatable bonds is 4. The predicted molar refractivity (Wildman–Crippen MR) is 110 cm³/mol. The zero-order valence-corrected chi connectivity index (χ0v) is 15.6. The molecule has 0 saturated carbocycles. The van der Waals surface area contributed by atoms with Crippen molar-refractivity contribution in [2.24, 2.45) is 0 Å². The maximum atomic E-state index is 12.3. The Bertz CT molecular complexity index is 1240. The van der Waals surface area contributed by atoms with Gasteiger partial charge in [-0.25, -0.2) is 4.79 Å². The average molecular weight is 373 g/mol. The second-order valence-corrected chi connectivity index (χ2v) is 6.70. The third-order valence-corrected chi connectivity index (χ3v) is 4.71. The molecule has 0 fully saturated rings. The van der Waals surface area contributed by atoms with Crippen molar-refractivity contribution in [1.29, 1.82) is 0 Å². The maximum Gasteiger partial charge on any atom is 0.344 e. The maximum absolute atomic E-state index is 12.3. The molecule has 3 aromatic carbocycles. The van der Waals surface area contributed by atoms with Crippen molar-refractivity contribution in [2.75, 3.05) is 11.9 Å². The van der Waals surface area contributed by atoms with Gasteiger partial charge in [0.1, 0.15) is 11.3 Å². The van der Waals surface area contributed by atoms with Crippen LogP contribution in [0, 0.1) is 13.8 Å². The number of hydrogen-bond donors (Lipinski definition) is 1. The van der Waals surface area contributed by atoms with Crippen LogP contribution in [0.4, 0.5) is 5.69 Å². The van der Waals surface area contributed by atoms with E-state index in [-0.39, 0.29) is 12.5 Å². The van der Waals surface area contributed by atoms with E-state index < -0.39 is 5.63 Å². The molecule has 0 radical (unpaired) electrons. The fraction of sp³-hybridized carbons (Fsp3) is 0.130. The first-order valence-corrected chi connectivity index (χ1v) is 8.97. The lowest BCUT2D eigenvalue weighted by Gasteiger charge is -2.12. The van der Waals surface area contributed by atoms with Crippen LogP contribution < -0.4 is 15.7 Å². The van der Waals surface area contributed by atoms with Crippen molar-refractivity contribution in [3.8, 4) is 5.75 Å². The van der Waals surface area contributed by atoms with Crippen molar-refractivity contribution in [2.45, 2.75) is 13.8 Å². The smallest absolute Gasteiger partial charge is 0.344 e. The standard InChI is InChI=1S/C23H19NO4/c1-14-6-5-7-15(2)22(14)24-21(25)13-27-16-10-11-18-17-8-3-4-9-19(17)23(26)28-20(18)12-16/h3-12H,13H2,1-2H3,(H,24,25). The summed E-state index contributed by atoms with van der Waals surface area (Å²) < 4.78 is 11.0. The first kappa shape index (κ1) is 17.8. The number of aryl methyl sites for hydroxylation is 2. The molecule has 140 valence electrons. The van der Waals surface area contributed by atoms with Crippen LogP contribution in [0.1, 0.15) is 11.1 Å². The Morgan fingerprint density at radius 2 is 1.64 bits per heavy atom. The second kappa shape index (κ2) is 7.19. The number of fused-ring (bicyclic) bond motifs is 3. The molecule has 5 nitrogen and oxygen atoms in total. The van der Waals surface area contributed by atoms with Crippen molar-refractivity contribution in [3.05, 3.63) is 82.2 Å². The highest BCUT2D eigenvalue weighted by molar-refractivity contribution is 6.04. The van der Waals surface area contributed by atoms with Crippen LogP contribution in [0.5, 0.6) is 5.75 Å². The molecular formula is C23H19NO4. The molecule has 4 rings (SSSR count). The van der Waals surface area contributed by atoms with Gasteiger partial charge in [-0.2, -0.15) is 0 Å². The van der Waals surface area contributed by atoms with E-state index in [1.54, 1.807) is 24.3 Å². The molecule has 1 amide bonds. The fourth-order valence-electron chi connectivity index (χ4n) is 3.29. The van der Waals surface area contributed by atoms with E-state index >= 15 is 0 Å². The van der Waals surface area contributed by atoms with Crippen LogP contribution in [0.2, 0.25) is 0 Å². The molecule has 0 bridgehead atoms. The van der Waals surface area contributed by atoms with E-state index in [1.807, 2.05) is 50.2 Å². The van der Waals surface area contributed by atoms with Crippen molar-refractivity contribution >= 4 is 33.3 Å². The summed E-state index contributed by atoms with van der Waals surface area (Å²) in [5.74, 6) is 0.208. The molecule has 5 heteroatoms. The van der Waals surface area contributed by atoms with Gasteiger partial charge in [-0.1, -0.05) is 36.4 Å². The number of hydrogen-bond acceptors (Lipinski definition) is 4. The zero-order valence-electron chi connectivity index (χ0n) is 15.6. The van der Waals surface area contributed by atoms with E-state index in [0.29, 0.717) is 16.7 Å². The Hall–Kier alpha value is -3.60. The van der Waals surface area contributed by atoms with Gasteiger partial charge in [0.05, 0.1) is 5.39 Å². The normalized spacial score (nSPS) is 10.9. The van der Waals surface area contributed by atoms with E-state index in [0.717, 1.165) is 27.6 Å². The van der Waals surface area contributed by atoms with Gasteiger partial charge >= 0.3 is 5.63 Å². The van der Waals surface area contributed by atoms with Crippen molar-refractivity contribution in [1.82, 2.24) is 0 Å². The molecular weight excluding hydrogens is 354 g/mol. The molecule has 4 aromatic rings. The molecule has 28 heavy (non-hydrogen) atoms. The molecule has 0 aliphatic carbocycles. The summed E-state index contributed by atoms with van der Waals surface area (Å²) in [5, 5.41) is 5.07. The minimum atomic E-state index is -0.395. The van der Waals surface area contributed by atoms with Crippen molar-refractivity contribution in [3.63, 3.8) is 0 Å². The Labute approximate surface area is 161 Å². The number of benzene rings is 3. The van der Waals surface area contributed by atoms with Gasteiger partial charge in [-0.05, 0) is 48.6 Å². The Kier molecular flexibility index (Phi) is 4.57. The molecule has 0 unspecified atom stereocenters. The second-order valence-electron chi connectivity index (χ2n) is 6.70. The monoisotopic (exact) mass is 373 g/mol. The van der Waals surface area contributed by atoms with Crippen LogP contribution in [-0.4, -0.2) is 12.5 Å². The number of anilines is 1. The fourth-order valence-corrected chi connectivity index (χ4v) is 3.29. The lowest BCUT2D eigenvalue weighted by atomic mass is 10.1. The van der Waals surface area contributed by atoms with Gasteiger partial charge in [-0.3, -0.25) is 4.79 Å². The quantitative estimate of drug-likeness (QED) is 0.420. The van der Waals surface area contributed by atoms with Gasteiger partial charge in [0.2, 0.25) is 0 Å². The third kappa shape index (κ3) is 3.34. The molecule has 0 aliphatic rings. The average Bonchev–Trinajstić information content (AvgIpc) is 2.69. The number of nitrogens with one attached hydrogen (secondary N) is 1. The van der Waals surface area contributed by atoms with E-state index in [2.05, 4.69) is 5.32 Å². The number of carbonyl (C=O) groups is 1. The Balaban J connectivity index is 1.55. The first-order chi connectivity index (χ1) is 13.5. The van der Waals surface area contributed by atoms with E-state index in [4.69, 9.17) is 9.15 Å². The van der Waals surface area contributed by atoms with Gasteiger partial charge in [-0.15, -0.1) is 0 Å². The molecule has 0 spiro atoms. The minimum Gasteiger partial charge on any atom is -0.484 e. The van der Waals surface area contributed by atoms with Crippen LogP contribution >= 0.6 is 0 Å². The highest BCUT2D eigenvalue weighted by Crippen LogP contribution is 2.26. The number of carbonyl (C=O) groups excluding carboxylic acids is 1. The topological polar surface area (TPSA) is 68.5 Å². The molecule has 1 N–H and O–H groups in total. The summed E-state index contributed by atoms with van der Waals surface area (Å²) in [5.41, 5.74) is 2.82. The molecule has 0 saturated heterocycles. The predicted octanol–water partition coefficient (Wildman–Crippen LogP) is 4.58. The summed E-state index contributed by atoms with van der Waals surface area (Å²) >= 11 is 0. The van der Waals surface area contributed by atoms with Gasteiger partial charge in [0.25, 0.3) is 5.91 Å². The van der Waals surface area contributed by atoms with Crippen LogP contribution in [0.15, 0.2) is 69.9 Å². The van der Waals surface area contributed by atoms with E-state index in [9.17, 15) is 9.59 Å².